The topological polar surface area (TPSA) is 90.1 Å². The summed E-state index contributed by atoms with van der Waals surface area (Å²) < 4.78 is 1.39. The van der Waals surface area contributed by atoms with Crippen LogP contribution in [0.4, 0.5) is 5.69 Å². The Morgan fingerprint density at radius 1 is 1.43 bits per heavy atom. The van der Waals surface area contributed by atoms with E-state index in [9.17, 15) is 14.9 Å². The Morgan fingerprint density at radius 3 is 2.76 bits per heavy atom. The number of carbonyl (C=O) groups excluding carboxylic acids is 1. The van der Waals surface area contributed by atoms with E-state index in [0.717, 1.165) is 5.56 Å². The number of hydrogen-bond donors (Lipinski definition) is 1. The van der Waals surface area contributed by atoms with Gasteiger partial charge in [0.15, 0.2) is 0 Å². The molecule has 21 heavy (non-hydrogen) atoms. The van der Waals surface area contributed by atoms with Crippen LogP contribution >= 0.6 is 0 Å². The normalized spacial score (nSPS) is 11.9. The summed E-state index contributed by atoms with van der Waals surface area (Å²) in [5, 5.41) is 17.3. The first-order valence-electron chi connectivity index (χ1n) is 6.57. The number of rotatable bonds is 6. The number of aryl methyl sites for hydroxylation is 1. The van der Waals surface area contributed by atoms with Crippen LogP contribution in [0.15, 0.2) is 42.7 Å². The van der Waals surface area contributed by atoms with Crippen molar-refractivity contribution < 1.29 is 9.72 Å². The average molecular weight is 288 g/mol. The fraction of sp³-hybridized carbons (Fsp3) is 0.286. The third kappa shape index (κ3) is 4.13. The molecule has 2 rings (SSSR count). The minimum Gasteiger partial charge on any atom is -0.350 e. The minimum absolute atomic E-state index is 0.0759. The molecule has 0 saturated heterocycles. The molecule has 0 saturated carbocycles. The van der Waals surface area contributed by atoms with E-state index in [1.54, 1.807) is 0 Å². The van der Waals surface area contributed by atoms with E-state index in [4.69, 9.17) is 0 Å². The first-order valence-corrected chi connectivity index (χ1v) is 6.57. The number of benzene rings is 1. The molecule has 1 unspecified atom stereocenters. The van der Waals surface area contributed by atoms with Gasteiger partial charge < -0.3 is 5.32 Å². The van der Waals surface area contributed by atoms with Crippen molar-refractivity contribution in [3.63, 3.8) is 0 Å². The molecule has 0 aliphatic carbocycles. The number of hydrogen-bond acceptors (Lipinski definition) is 4. The highest BCUT2D eigenvalue weighted by Gasteiger charge is 2.11. The molecule has 0 aliphatic rings. The Bertz CT molecular complexity index is 624. The number of nitrogens with one attached hydrogen (secondary N) is 1. The number of nitro groups is 1. The van der Waals surface area contributed by atoms with E-state index in [1.807, 2.05) is 37.3 Å². The van der Waals surface area contributed by atoms with Gasteiger partial charge in [0.05, 0.1) is 11.0 Å². The van der Waals surface area contributed by atoms with Crippen molar-refractivity contribution in [1.82, 2.24) is 15.1 Å². The maximum Gasteiger partial charge on any atom is 0.306 e. The van der Waals surface area contributed by atoms with Crippen molar-refractivity contribution in [1.29, 1.82) is 0 Å². The number of carbonyl (C=O) groups is 1. The molecule has 1 amide bonds. The predicted octanol–water partition coefficient (Wildman–Crippen LogP) is 2.06. The monoisotopic (exact) mass is 288 g/mol. The van der Waals surface area contributed by atoms with Gasteiger partial charge in [-0.15, -0.1) is 0 Å². The van der Waals surface area contributed by atoms with Gasteiger partial charge in [-0.05, 0) is 12.5 Å². The summed E-state index contributed by atoms with van der Waals surface area (Å²) in [7, 11) is 0. The van der Waals surface area contributed by atoms with Crippen LogP contribution < -0.4 is 5.32 Å². The zero-order valence-electron chi connectivity index (χ0n) is 11.6. The molecule has 7 nitrogen and oxygen atoms in total. The summed E-state index contributed by atoms with van der Waals surface area (Å²) >= 11 is 0. The van der Waals surface area contributed by atoms with Crippen LogP contribution in [0.2, 0.25) is 0 Å². The molecule has 1 N–H and O–H groups in total. The van der Waals surface area contributed by atoms with E-state index >= 15 is 0 Å². The lowest BCUT2D eigenvalue weighted by Gasteiger charge is -2.14. The van der Waals surface area contributed by atoms with Crippen molar-refractivity contribution in [2.45, 2.75) is 25.9 Å². The van der Waals surface area contributed by atoms with Gasteiger partial charge >= 0.3 is 5.69 Å². The lowest BCUT2D eigenvalue weighted by Crippen LogP contribution is -2.27. The van der Waals surface area contributed by atoms with Crippen LogP contribution in [0, 0.1) is 10.1 Å². The van der Waals surface area contributed by atoms with Gasteiger partial charge in [0.2, 0.25) is 5.91 Å². The highest BCUT2D eigenvalue weighted by molar-refractivity contribution is 5.76. The van der Waals surface area contributed by atoms with Crippen molar-refractivity contribution in [3.05, 3.63) is 58.4 Å². The Balaban J connectivity index is 1.83. The average Bonchev–Trinajstić information content (AvgIpc) is 2.95. The third-order valence-electron chi connectivity index (χ3n) is 3.08. The molecule has 0 aliphatic heterocycles. The van der Waals surface area contributed by atoms with E-state index < -0.39 is 4.92 Å². The molecule has 1 heterocycles. The molecular weight excluding hydrogens is 272 g/mol. The largest absolute Gasteiger partial charge is 0.350 e. The summed E-state index contributed by atoms with van der Waals surface area (Å²) in [6.45, 7) is 2.22. The molecule has 7 heteroatoms. The summed E-state index contributed by atoms with van der Waals surface area (Å²) in [6.07, 6.45) is 2.70. The number of aromatic nitrogens is 2. The van der Waals surface area contributed by atoms with E-state index in [2.05, 4.69) is 10.4 Å². The zero-order valence-corrected chi connectivity index (χ0v) is 11.6. The molecule has 1 atom stereocenters. The highest BCUT2D eigenvalue weighted by atomic mass is 16.6. The molecule has 0 fully saturated rings. The van der Waals surface area contributed by atoms with Crippen LogP contribution in [0.3, 0.4) is 0 Å². The molecule has 0 spiro atoms. The summed E-state index contributed by atoms with van der Waals surface area (Å²) in [5.41, 5.74) is 0.952. The van der Waals surface area contributed by atoms with Gasteiger partial charge in [-0.3, -0.25) is 19.6 Å². The smallest absolute Gasteiger partial charge is 0.306 e. The fourth-order valence-corrected chi connectivity index (χ4v) is 1.92. The van der Waals surface area contributed by atoms with Gasteiger partial charge in [0, 0.05) is 13.0 Å². The van der Waals surface area contributed by atoms with E-state index in [-0.39, 0.29) is 24.1 Å². The van der Waals surface area contributed by atoms with Gasteiger partial charge in [-0.1, -0.05) is 30.3 Å². The van der Waals surface area contributed by atoms with Gasteiger partial charge in [0.1, 0.15) is 12.4 Å². The summed E-state index contributed by atoms with van der Waals surface area (Å²) in [5.74, 6) is -0.121. The number of nitrogens with zero attached hydrogens (tertiary/aromatic N) is 3. The van der Waals surface area contributed by atoms with Gasteiger partial charge in [-0.25, -0.2) is 0 Å². The SMILES string of the molecule is CC(NC(=O)CCn1cc([N+](=O)[O-])cn1)c1ccccc1. The summed E-state index contributed by atoms with van der Waals surface area (Å²) in [6, 6.07) is 9.57. The molecule has 0 radical (unpaired) electrons. The standard InChI is InChI=1S/C14H16N4O3/c1-11(12-5-3-2-4-6-12)16-14(19)7-8-17-10-13(9-15-17)18(20)21/h2-6,9-11H,7-8H2,1H3,(H,16,19). The Hall–Kier alpha value is -2.70. The van der Waals surface area contributed by atoms with Crippen LogP contribution in [0.5, 0.6) is 0 Å². The highest BCUT2D eigenvalue weighted by Crippen LogP contribution is 2.11. The maximum absolute atomic E-state index is 11.9. The second-order valence-electron chi connectivity index (χ2n) is 4.67. The van der Waals surface area contributed by atoms with Crippen molar-refractivity contribution in [2.75, 3.05) is 0 Å². The Labute approximate surface area is 121 Å². The van der Waals surface area contributed by atoms with E-state index in [1.165, 1.54) is 17.1 Å². The van der Waals surface area contributed by atoms with E-state index in [0.29, 0.717) is 6.54 Å². The minimum atomic E-state index is -0.513. The molecule has 0 bridgehead atoms. The van der Waals surface area contributed by atoms with Crippen molar-refractivity contribution in [2.24, 2.45) is 0 Å². The molecule has 110 valence electrons. The second-order valence-corrected chi connectivity index (χ2v) is 4.67. The first kappa shape index (κ1) is 14.7. The lowest BCUT2D eigenvalue weighted by molar-refractivity contribution is -0.385. The first-order chi connectivity index (χ1) is 10.1. The third-order valence-corrected chi connectivity index (χ3v) is 3.08. The maximum atomic E-state index is 11.9. The molecule has 1 aromatic carbocycles. The quantitative estimate of drug-likeness (QED) is 0.650. The van der Waals surface area contributed by atoms with Crippen LogP contribution in [0.1, 0.15) is 24.9 Å². The van der Waals surface area contributed by atoms with Crippen molar-refractivity contribution in [3.8, 4) is 0 Å². The second kappa shape index (κ2) is 6.65. The number of amides is 1. The Kier molecular flexibility index (Phi) is 4.65. The van der Waals surface area contributed by atoms with Gasteiger partial charge in [0.25, 0.3) is 0 Å². The summed E-state index contributed by atoms with van der Waals surface area (Å²) in [4.78, 5) is 21.9. The van der Waals surface area contributed by atoms with Gasteiger partial charge in [-0.2, -0.15) is 5.10 Å². The lowest BCUT2D eigenvalue weighted by atomic mass is 10.1. The van der Waals surface area contributed by atoms with Crippen LogP contribution in [-0.4, -0.2) is 20.6 Å². The predicted molar refractivity (Wildman–Crippen MR) is 76.5 cm³/mol. The molecular formula is C14H16N4O3. The van der Waals surface area contributed by atoms with Crippen LogP contribution in [-0.2, 0) is 11.3 Å². The fourth-order valence-electron chi connectivity index (χ4n) is 1.92. The zero-order chi connectivity index (χ0) is 15.2. The van der Waals surface area contributed by atoms with Crippen LogP contribution in [0.25, 0.3) is 0 Å². The molecule has 1 aromatic heterocycles. The Morgan fingerprint density at radius 2 is 2.14 bits per heavy atom. The van der Waals surface area contributed by atoms with Crippen molar-refractivity contribution >= 4 is 11.6 Å². The molecule has 2 aromatic rings.